The Hall–Kier alpha value is -1.23. The molecule has 1 rings (SSSR count). The van der Waals surface area contributed by atoms with Crippen molar-refractivity contribution in [3.05, 3.63) is 22.7 Å². The van der Waals surface area contributed by atoms with Gasteiger partial charge in [-0.05, 0) is 41.9 Å². The van der Waals surface area contributed by atoms with E-state index in [1.54, 1.807) is 12.0 Å². The maximum Gasteiger partial charge on any atom is 0.241 e. The van der Waals surface area contributed by atoms with E-state index in [0.717, 1.165) is 29.0 Å². The fourth-order valence-corrected chi connectivity index (χ4v) is 2.04. The second-order valence-electron chi connectivity index (χ2n) is 3.77. The Morgan fingerprint density at radius 1 is 1.39 bits per heavy atom. The minimum absolute atomic E-state index is 0.0990. The Kier molecular flexibility index (Phi) is 5.98. The molecule has 0 radical (unpaired) electrons. The van der Waals surface area contributed by atoms with Crippen LogP contribution in [0.1, 0.15) is 13.8 Å². The van der Waals surface area contributed by atoms with Crippen LogP contribution < -0.4 is 10.1 Å². The van der Waals surface area contributed by atoms with E-state index in [1.165, 1.54) is 0 Å². The van der Waals surface area contributed by atoms with Crippen molar-refractivity contribution in [1.82, 2.24) is 4.90 Å². The maximum atomic E-state index is 11.8. The van der Waals surface area contributed by atoms with Crippen molar-refractivity contribution in [2.45, 2.75) is 13.8 Å². The van der Waals surface area contributed by atoms with Crippen molar-refractivity contribution in [3.8, 4) is 5.75 Å². The molecule has 100 valence electrons. The molecule has 0 aromatic heterocycles. The first-order valence-corrected chi connectivity index (χ1v) is 6.76. The number of rotatable bonds is 6. The van der Waals surface area contributed by atoms with Crippen molar-refractivity contribution >= 4 is 27.5 Å². The van der Waals surface area contributed by atoms with E-state index < -0.39 is 0 Å². The van der Waals surface area contributed by atoms with Gasteiger partial charge in [0.1, 0.15) is 5.75 Å². The molecule has 18 heavy (non-hydrogen) atoms. The third-order valence-electron chi connectivity index (χ3n) is 2.71. The predicted octanol–water partition coefficient (Wildman–Crippen LogP) is 2.74. The Labute approximate surface area is 116 Å². The van der Waals surface area contributed by atoms with Crippen LogP contribution in [0, 0.1) is 0 Å². The molecule has 0 saturated heterocycles. The van der Waals surface area contributed by atoms with Crippen LogP contribution in [0.4, 0.5) is 5.69 Å². The molecule has 0 bridgehead atoms. The Balaban J connectivity index is 2.61. The van der Waals surface area contributed by atoms with Gasteiger partial charge < -0.3 is 15.0 Å². The van der Waals surface area contributed by atoms with Gasteiger partial charge in [-0.1, -0.05) is 0 Å². The summed E-state index contributed by atoms with van der Waals surface area (Å²) in [5.74, 6) is 0.845. The van der Waals surface area contributed by atoms with Crippen LogP contribution in [-0.4, -0.2) is 37.6 Å². The summed E-state index contributed by atoms with van der Waals surface area (Å²) in [6.45, 7) is 5.72. The molecule has 4 nitrogen and oxygen atoms in total. The van der Waals surface area contributed by atoms with Crippen LogP contribution in [-0.2, 0) is 4.79 Å². The summed E-state index contributed by atoms with van der Waals surface area (Å²) in [5, 5.41) is 3.10. The SMILES string of the molecule is CCN(CC)C(=O)CNc1ccc(Br)c(OC)c1. The molecule has 1 aromatic carbocycles. The maximum absolute atomic E-state index is 11.8. The minimum atomic E-state index is 0.0990. The first kappa shape index (κ1) is 14.8. The first-order chi connectivity index (χ1) is 8.62. The molecule has 0 unspecified atom stereocenters. The number of ether oxygens (including phenoxy) is 1. The molecule has 5 heteroatoms. The number of anilines is 1. The number of nitrogens with one attached hydrogen (secondary N) is 1. The Morgan fingerprint density at radius 3 is 2.61 bits per heavy atom. The van der Waals surface area contributed by atoms with E-state index in [1.807, 2.05) is 32.0 Å². The topological polar surface area (TPSA) is 41.6 Å². The Morgan fingerprint density at radius 2 is 2.06 bits per heavy atom. The number of nitrogens with zero attached hydrogens (tertiary/aromatic N) is 1. The van der Waals surface area contributed by atoms with Gasteiger partial charge in [0.25, 0.3) is 0 Å². The van der Waals surface area contributed by atoms with Gasteiger partial charge in [0.05, 0.1) is 18.1 Å². The normalized spacial score (nSPS) is 10.0. The van der Waals surface area contributed by atoms with E-state index in [2.05, 4.69) is 21.2 Å². The number of halogens is 1. The lowest BCUT2D eigenvalue weighted by atomic mass is 10.3. The number of likely N-dealkylation sites (N-methyl/N-ethyl adjacent to an activating group) is 1. The number of benzene rings is 1. The quantitative estimate of drug-likeness (QED) is 0.878. The highest BCUT2D eigenvalue weighted by molar-refractivity contribution is 9.10. The highest BCUT2D eigenvalue weighted by Crippen LogP contribution is 2.27. The molecule has 1 aromatic rings. The largest absolute Gasteiger partial charge is 0.495 e. The number of hydrogen-bond acceptors (Lipinski definition) is 3. The number of hydrogen-bond donors (Lipinski definition) is 1. The summed E-state index contributed by atoms with van der Waals surface area (Å²) >= 11 is 3.39. The average molecular weight is 315 g/mol. The summed E-state index contributed by atoms with van der Waals surface area (Å²) in [6, 6.07) is 5.66. The average Bonchev–Trinajstić information content (AvgIpc) is 2.39. The summed E-state index contributed by atoms with van der Waals surface area (Å²) in [7, 11) is 1.62. The van der Waals surface area contributed by atoms with Crippen LogP contribution in [0.15, 0.2) is 22.7 Å². The van der Waals surface area contributed by atoms with E-state index >= 15 is 0 Å². The van der Waals surface area contributed by atoms with Crippen LogP contribution >= 0.6 is 15.9 Å². The lowest BCUT2D eigenvalue weighted by Crippen LogP contribution is -2.35. The van der Waals surface area contributed by atoms with Crippen molar-refractivity contribution in [3.63, 3.8) is 0 Å². The molecule has 0 aliphatic rings. The molecule has 1 amide bonds. The van der Waals surface area contributed by atoms with Gasteiger partial charge in [-0.25, -0.2) is 0 Å². The predicted molar refractivity (Wildman–Crippen MR) is 77.1 cm³/mol. The second-order valence-corrected chi connectivity index (χ2v) is 4.62. The first-order valence-electron chi connectivity index (χ1n) is 5.97. The third kappa shape index (κ3) is 3.91. The smallest absolute Gasteiger partial charge is 0.241 e. The van der Waals surface area contributed by atoms with Gasteiger partial charge in [0.2, 0.25) is 5.91 Å². The van der Waals surface area contributed by atoms with Gasteiger partial charge in [-0.15, -0.1) is 0 Å². The third-order valence-corrected chi connectivity index (χ3v) is 3.37. The molecule has 0 atom stereocenters. The van der Waals surface area contributed by atoms with E-state index in [0.29, 0.717) is 6.54 Å². The monoisotopic (exact) mass is 314 g/mol. The van der Waals surface area contributed by atoms with E-state index in [4.69, 9.17) is 4.74 Å². The van der Waals surface area contributed by atoms with Crippen molar-refractivity contribution < 1.29 is 9.53 Å². The van der Waals surface area contributed by atoms with Crippen LogP contribution in [0.3, 0.4) is 0 Å². The summed E-state index contributed by atoms with van der Waals surface area (Å²) < 4.78 is 6.09. The molecule has 0 spiro atoms. The number of carbonyl (C=O) groups excluding carboxylic acids is 1. The van der Waals surface area contributed by atoms with Gasteiger partial charge in [-0.3, -0.25) is 4.79 Å². The van der Waals surface area contributed by atoms with Crippen LogP contribution in [0.2, 0.25) is 0 Å². The number of amides is 1. The zero-order valence-electron chi connectivity index (χ0n) is 11.0. The van der Waals surface area contributed by atoms with Crippen molar-refractivity contribution in [2.75, 3.05) is 32.1 Å². The Bertz CT molecular complexity index is 406. The zero-order chi connectivity index (χ0) is 13.5. The molecule has 1 N–H and O–H groups in total. The van der Waals surface area contributed by atoms with Gasteiger partial charge >= 0.3 is 0 Å². The molecular formula is C13H19BrN2O2. The molecular weight excluding hydrogens is 296 g/mol. The fourth-order valence-electron chi connectivity index (χ4n) is 1.64. The number of carbonyl (C=O) groups is 1. The lowest BCUT2D eigenvalue weighted by molar-refractivity contribution is -0.128. The van der Waals surface area contributed by atoms with Crippen LogP contribution in [0.5, 0.6) is 5.75 Å². The number of methoxy groups -OCH3 is 1. The fraction of sp³-hybridized carbons (Fsp3) is 0.462. The molecule has 0 fully saturated rings. The van der Waals surface area contributed by atoms with E-state index in [-0.39, 0.29) is 5.91 Å². The highest BCUT2D eigenvalue weighted by atomic mass is 79.9. The highest BCUT2D eigenvalue weighted by Gasteiger charge is 2.09. The van der Waals surface area contributed by atoms with Gasteiger partial charge in [-0.2, -0.15) is 0 Å². The van der Waals surface area contributed by atoms with Crippen molar-refractivity contribution in [1.29, 1.82) is 0 Å². The van der Waals surface area contributed by atoms with Gasteiger partial charge in [0, 0.05) is 24.8 Å². The van der Waals surface area contributed by atoms with Gasteiger partial charge in [0.15, 0.2) is 0 Å². The van der Waals surface area contributed by atoms with Crippen molar-refractivity contribution in [2.24, 2.45) is 0 Å². The molecule has 0 aliphatic heterocycles. The zero-order valence-corrected chi connectivity index (χ0v) is 12.6. The summed E-state index contributed by atoms with van der Waals surface area (Å²) in [4.78, 5) is 13.6. The molecule has 0 aliphatic carbocycles. The van der Waals surface area contributed by atoms with E-state index in [9.17, 15) is 4.79 Å². The summed E-state index contributed by atoms with van der Waals surface area (Å²) in [5.41, 5.74) is 0.871. The molecule has 0 saturated carbocycles. The lowest BCUT2D eigenvalue weighted by Gasteiger charge is -2.19. The van der Waals surface area contributed by atoms with Crippen LogP contribution in [0.25, 0.3) is 0 Å². The standard InChI is InChI=1S/C13H19BrN2O2/c1-4-16(5-2)13(17)9-15-10-6-7-11(14)12(8-10)18-3/h6-8,15H,4-5,9H2,1-3H3. The second kappa shape index (κ2) is 7.26. The molecule has 0 heterocycles. The minimum Gasteiger partial charge on any atom is -0.495 e. The summed E-state index contributed by atoms with van der Waals surface area (Å²) in [6.07, 6.45) is 0.